The number of hydrogen-bond acceptors (Lipinski definition) is 1. The van der Waals surface area contributed by atoms with Gasteiger partial charge in [-0.05, 0) is 24.3 Å². The molecule has 0 fully saturated rings. The molecular formula is C14H9F5N2O. The predicted molar refractivity (Wildman–Crippen MR) is 70.4 cm³/mol. The zero-order chi connectivity index (χ0) is 16.3. The third kappa shape index (κ3) is 3.94. The molecule has 0 aliphatic rings. The van der Waals surface area contributed by atoms with Crippen molar-refractivity contribution in [2.75, 3.05) is 10.6 Å². The van der Waals surface area contributed by atoms with Crippen molar-refractivity contribution in [2.45, 2.75) is 6.18 Å². The van der Waals surface area contributed by atoms with E-state index < -0.39 is 35.1 Å². The fourth-order valence-electron chi connectivity index (χ4n) is 1.75. The Balaban J connectivity index is 2.16. The number of rotatable bonds is 2. The van der Waals surface area contributed by atoms with Gasteiger partial charge >= 0.3 is 12.2 Å². The largest absolute Gasteiger partial charge is 0.418 e. The van der Waals surface area contributed by atoms with Crippen LogP contribution >= 0.6 is 0 Å². The van der Waals surface area contributed by atoms with Crippen LogP contribution in [0.1, 0.15) is 5.56 Å². The van der Waals surface area contributed by atoms with Crippen molar-refractivity contribution in [3.63, 3.8) is 0 Å². The van der Waals surface area contributed by atoms with Gasteiger partial charge in [0, 0.05) is 11.8 Å². The lowest BCUT2D eigenvalue weighted by Crippen LogP contribution is -2.22. The van der Waals surface area contributed by atoms with Gasteiger partial charge in [0.1, 0.15) is 11.6 Å². The van der Waals surface area contributed by atoms with Gasteiger partial charge in [-0.25, -0.2) is 13.6 Å². The molecule has 2 amide bonds. The predicted octanol–water partition coefficient (Wildman–Crippen LogP) is 4.63. The average molecular weight is 316 g/mol. The van der Waals surface area contributed by atoms with Crippen molar-refractivity contribution in [3.8, 4) is 0 Å². The van der Waals surface area contributed by atoms with E-state index in [1.54, 1.807) is 0 Å². The zero-order valence-corrected chi connectivity index (χ0v) is 10.8. The van der Waals surface area contributed by atoms with Gasteiger partial charge < -0.3 is 10.6 Å². The fraction of sp³-hybridized carbons (Fsp3) is 0.0714. The van der Waals surface area contributed by atoms with E-state index in [2.05, 4.69) is 5.32 Å². The van der Waals surface area contributed by atoms with Crippen LogP contribution in [0.15, 0.2) is 42.5 Å². The molecule has 2 aromatic rings. The SMILES string of the molecule is O=C(Nc1cc(F)cc(F)c1)Nc1ccccc1C(F)(F)F. The lowest BCUT2D eigenvalue weighted by molar-refractivity contribution is -0.136. The van der Waals surface area contributed by atoms with E-state index in [0.29, 0.717) is 6.07 Å². The second-order valence-corrected chi connectivity index (χ2v) is 4.28. The Morgan fingerprint density at radius 2 is 1.50 bits per heavy atom. The molecule has 0 saturated carbocycles. The van der Waals surface area contributed by atoms with Crippen LogP contribution in [-0.4, -0.2) is 6.03 Å². The summed E-state index contributed by atoms with van der Waals surface area (Å²) in [5, 5.41) is 4.04. The minimum Gasteiger partial charge on any atom is -0.308 e. The number of urea groups is 1. The molecule has 0 aliphatic carbocycles. The number of alkyl halides is 3. The maximum absolute atomic E-state index is 13.0. The highest BCUT2D eigenvalue weighted by Gasteiger charge is 2.33. The van der Waals surface area contributed by atoms with E-state index in [4.69, 9.17) is 0 Å². The van der Waals surface area contributed by atoms with Gasteiger partial charge in [-0.3, -0.25) is 0 Å². The summed E-state index contributed by atoms with van der Waals surface area (Å²) in [7, 11) is 0. The van der Waals surface area contributed by atoms with Crippen molar-refractivity contribution in [3.05, 3.63) is 59.7 Å². The molecule has 0 atom stereocenters. The number of nitrogens with one attached hydrogen (secondary N) is 2. The number of hydrogen-bond donors (Lipinski definition) is 2. The summed E-state index contributed by atoms with van der Waals surface area (Å²) in [4.78, 5) is 11.6. The topological polar surface area (TPSA) is 41.1 Å². The second-order valence-electron chi connectivity index (χ2n) is 4.28. The Kier molecular flexibility index (Phi) is 4.30. The molecule has 116 valence electrons. The number of halogens is 5. The van der Waals surface area contributed by atoms with Crippen LogP contribution in [0.2, 0.25) is 0 Å². The standard InChI is InChI=1S/C14H9F5N2O/c15-8-5-9(16)7-10(6-8)20-13(22)21-12-4-2-1-3-11(12)14(17,18)19/h1-7H,(H2,20,21,22). The summed E-state index contributed by atoms with van der Waals surface area (Å²) in [5.41, 5.74) is -1.72. The summed E-state index contributed by atoms with van der Waals surface area (Å²) in [6, 6.07) is 5.56. The van der Waals surface area contributed by atoms with Crippen molar-refractivity contribution in [1.82, 2.24) is 0 Å². The van der Waals surface area contributed by atoms with Gasteiger partial charge in [0.15, 0.2) is 0 Å². The van der Waals surface area contributed by atoms with Crippen molar-refractivity contribution < 1.29 is 26.7 Å². The summed E-state index contributed by atoms with van der Waals surface area (Å²) in [6.45, 7) is 0. The molecular weight excluding hydrogens is 307 g/mol. The number of benzene rings is 2. The molecule has 22 heavy (non-hydrogen) atoms. The quantitative estimate of drug-likeness (QED) is 0.779. The Bertz CT molecular complexity index is 680. The molecule has 0 unspecified atom stereocenters. The average Bonchev–Trinajstić information content (AvgIpc) is 2.36. The fourth-order valence-corrected chi connectivity index (χ4v) is 1.75. The van der Waals surface area contributed by atoms with Crippen molar-refractivity contribution in [2.24, 2.45) is 0 Å². The lowest BCUT2D eigenvalue weighted by atomic mass is 10.1. The van der Waals surface area contributed by atoms with Gasteiger partial charge in [0.2, 0.25) is 0 Å². The van der Waals surface area contributed by atoms with Gasteiger partial charge in [-0.1, -0.05) is 12.1 Å². The number of para-hydroxylation sites is 1. The molecule has 2 N–H and O–H groups in total. The monoisotopic (exact) mass is 316 g/mol. The minimum atomic E-state index is -4.64. The van der Waals surface area contributed by atoms with Crippen LogP contribution in [-0.2, 0) is 6.18 Å². The summed E-state index contributed by atoms with van der Waals surface area (Å²) < 4.78 is 64.2. The second kappa shape index (κ2) is 6.00. The Morgan fingerprint density at radius 1 is 0.909 bits per heavy atom. The van der Waals surface area contributed by atoms with Gasteiger partial charge in [-0.15, -0.1) is 0 Å². The molecule has 3 nitrogen and oxygen atoms in total. The minimum absolute atomic E-state index is 0.223. The summed E-state index contributed by atoms with van der Waals surface area (Å²) in [6.07, 6.45) is -4.64. The molecule has 0 heterocycles. The molecule has 2 aromatic carbocycles. The Hall–Kier alpha value is -2.64. The van der Waals surface area contributed by atoms with Gasteiger partial charge in [-0.2, -0.15) is 13.2 Å². The first-order chi connectivity index (χ1) is 10.3. The van der Waals surface area contributed by atoms with E-state index in [-0.39, 0.29) is 5.69 Å². The Morgan fingerprint density at radius 3 is 2.09 bits per heavy atom. The molecule has 0 radical (unpaired) electrons. The van der Waals surface area contributed by atoms with Crippen LogP contribution in [0.3, 0.4) is 0 Å². The first-order valence-electron chi connectivity index (χ1n) is 5.96. The van der Waals surface area contributed by atoms with Crippen LogP contribution in [0.25, 0.3) is 0 Å². The zero-order valence-electron chi connectivity index (χ0n) is 10.8. The maximum atomic E-state index is 13.0. The molecule has 0 bridgehead atoms. The maximum Gasteiger partial charge on any atom is 0.418 e. The highest BCUT2D eigenvalue weighted by Crippen LogP contribution is 2.34. The van der Waals surface area contributed by atoms with Crippen LogP contribution in [0.4, 0.5) is 38.1 Å². The summed E-state index contributed by atoms with van der Waals surface area (Å²) >= 11 is 0. The smallest absolute Gasteiger partial charge is 0.308 e. The van der Waals surface area contributed by atoms with Crippen molar-refractivity contribution >= 4 is 17.4 Å². The summed E-state index contributed by atoms with van der Waals surface area (Å²) in [5.74, 6) is -1.85. The van der Waals surface area contributed by atoms with Crippen molar-refractivity contribution in [1.29, 1.82) is 0 Å². The molecule has 2 rings (SSSR count). The third-order valence-corrected chi connectivity index (χ3v) is 2.60. The molecule has 0 saturated heterocycles. The highest BCUT2D eigenvalue weighted by atomic mass is 19.4. The number of carbonyl (C=O) groups excluding carboxylic acids is 1. The van der Waals surface area contributed by atoms with Gasteiger partial charge in [0.05, 0.1) is 11.3 Å². The number of amides is 2. The van der Waals surface area contributed by atoms with Crippen LogP contribution in [0.5, 0.6) is 0 Å². The van der Waals surface area contributed by atoms with Crippen LogP contribution in [0, 0.1) is 11.6 Å². The molecule has 0 aliphatic heterocycles. The van der Waals surface area contributed by atoms with Crippen LogP contribution < -0.4 is 10.6 Å². The van der Waals surface area contributed by atoms with E-state index in [1.807, 2.05) is 5.32 Å². The Labute approximate surface area is 121 Å². The lowest BCUT2D eigenvalue weighted by Gasteiger charge is -2.14. The third-order valence-electron chi connectivity index (χ3n) is 2.60. The van der Waals surface area contributed by atoms with Gasteiger partial charge in [0.25, 0.3) is 0 Å². The first-order valence-corrected chi connectivity index (χ1v) is 5.96. The normalized spacial score (nSPS) is 11.1. The van der Waals surface area contributed by atoms with E-state index >= 15 is 0 Å². The van der Waals surface area contributed by atoms with E-state index in [0.717, 1.165) is 24.3 Å². The molecule has 0 spiro atoms. The number of carbonyl (C=O) groups is 1. The van der Waals surface area contributed by atoms with E-state index in [1.165, 1.54) is 12.1 Å². The molecule has 8 heteroatoms. The molecule has 0 aromatic heterocycles. The number of anilines is 2. The highest BCUT2D eigenvalue weighted by molar-refractivity contribution is 6.00. The van der Waals surface area contributed by atoms with E-state index in [9.17, 15) is 26.7 Å². The first kappa shape index (κ1) is 15.7.